The Labute approximate surface area is 121 Å². The van der Waals surface area contributed by atoms with Crippen LogP contribution >= 0.6 is 11.6 Å². The second kappa shape index (κ2) is 7.16. The molecule has 2 rings (SSSR count). The van der Waals surface area contributed by atoms with Crippen LogP contribution in [0.2, 0.25) is 5.02 Å². The minimum absolute atomic E-state index is 0.444. The average molecular weight is 282 g/mol. The third-order valence-electron chi connectivity index (χ3n) is 4.19. The van der Waals surface area contributed by atoms with Crippen molar-refractivity contribution in [2.45, 2.75) is 39.2 Å². The molecule has 1 fully saturated rings. The standard InChI is InChI=1S/C16H24ClNO/c1-12-7-8-14(11-13(12)2)19-10-9-18-16-6-4-3-5-15(16)17/h3-6,12-14,18H,7-11H2,1-2H3. The van der Waals surface area contributed by atoms with Gasteiger partial charge in [0.1, 0.15) is 0 Å². The molecule has 0 heterocycles. The van der Waals surface area contributed by atoms with Crippen LogP contribution in [-0.2, 0) is 4.74 Å². The summed E-state index contributed by atoms with van der Waals surface area (Å²) in [4.78, 5) is 0. The summed E-state index contributed by atoms with van der Waals surface area (Å²) in [6.07, 6.45) is 4.15. The number of halogens is 1. The molecule has 0 spiro atoms. The fraction of sp³-hybridized carbons (Fsp3) is 0.625. The van der Waals surface area contributed by atoms with Crippen LogP contribution in [0.3, 0.4) is 0 Å². The van der Waals surface area contributed by atoms with Crippen molar-refractivity contribution in [3.05, 3.63) is 29.3 Å². The van der Waals surface area contributed by atoms with Gasteiger partial charge >= 0.3 is 0 Å². The molecular weight excluding hydrogens is 258 g/mol. The number of anilines is 1. The van der Waals surface area contributed by atoms with Gasteiger partial charge in [-0.2, -0.15) is 0 Å². The van der Waals surface area contributed by atoms with Gasteiger partial charge in [0.25, 0.3) is 0 Å². The van der Waals surface area contributed by atoms with Gasteiger partial charge in [0.05, 0.1) is 23.4 Å². The number of ether oxygens (including phenoxy) is 1. The molecule has 0 saturated heterocycles. The van der Waals surface area contributed by atoms with Gasteiger partial charge in [-0.05, 0) is 43.2 Å². The minimum Gasteiger partial charge on any atom is -0.382 e. The van der Waals surface area contributed by atoms with E-state index in [1.807, 2.05) is 24.3 Å². The Morgan fingerprint density at radius 1 is 1.21 bits per heavy atom. The molecule has 1 aromatic rings. The molecule has 1 N–H and O–H groups in total. The summed E-state index contributed by atoms with van der Waals surface area (Å²) in [5, 5.41) is 4.08. The number of para-hydroxylation sites is 1. The molecule has 1 aliphatic carbocycles. The minimum atomic E-state index is 0.444. The number of hydrogen-bond acceptors (Lipinski definition) is 2. The van der Waals surface area contributed by atoms with E-state index in [0.29, 0.717) is 6.10 Å². The molecule has 0 aliphatic heterocycles. The van der Waals surface area contributed by atoms with E-state index in [0.717, 1.165) is 35.7 Å². The molecule has 19 heavy (non-hydrogen) atoms. The molecule has 3 heteroatoms. The lowest BCUT2D eigenvalue weighted by molar-refractivity contribution is 0.00778. The Hall–Kier alpha value is -0.730. The van der Waals surface area contributed by atoms with Gasteiger partial charge in [-0.1, -0.05) is 37.6 Å². The summed E-state index contributed by atoms with van der Waals surface area (Å²) in [6.45, 7) is 6.24. The second-order valence-corrected chi connectivity index (χ2v) is 6.07. The van der Waals surface area contributed by atoms with Crippen LogP contribution in [-0.4, -0.2) is 19.3 Å². The maximum absolute atomic E-state index is 6.08. The van der Waals surface area contributed by atoms with Crippen molar-refractivity contribution in [1.82, 2.24) is 0 Å². The maximum atomic E-state index is 6.08. The van der Waals surface area contributed by atoms with Crippen LogP contribution in [0.1, 0.15) is 33.1 Å². The molecule has 1 aliphatic rings. The maximum Gasteiger partial charge on any atom is 0.0642 e. The number of benzene rings is 1. The monoisotopic (exact) mass is 281 g/mol. The van der Waals surface area contributed by atoms with Crippen LogP contribution in [0.25, 0.3) is 0 Å². The third kappa shape index (κ3) is 4.39. The summed E-state index contributed by atoms with van der Waals surface area (Å²) in [5.74, 6) is 1.64. The van der Waals surface area contributed by atoms with E-state index in [2.05, 4.69) is 19.2 Å². The molecule has 0 aromatic heterocycles. The van der Waals surface area contributed by atoms with Crippen molar-refractivity contribution < 1.29 is 4.74 Å². The summed E-state index contributed by atoms with van der Waals surface area (Å²) >= 11 is 6.08. The molecule has 2 nitrogen and oxygen atoms in total. The van der Waals surface area contributed by atoms with E-state index in [-0.39, 0.29) is 0 Å². The fourth-order valence-corrected chi connectivity index (χ4v) is 2.87. The van der Waals surface area contributed by atoms with Crippen LogP contribution < -0.4 is 5.32 Å². The van der Waals surface area contributed by atoms with Gasteiger partial charge in [0.15, 0.2) is 0 Å². The number of rotatable bonds is 5. The van der Waals surface area contributed by atoms with E-state index in [1.54, 1.807) is 0 Å². The third-order valence-corrected chi connectivity index (χ3v) is 4.52. The number of nitrogens with one attached hydrogen (secondary N) is 1. The van der Waals surface area contributed by atoms with Crippen molar-refractivity contribution >= 4 is 17.3 Å². The summed E-state index contributed by atoms with van der Waals surface area (Å²) in [7, 11) is 0. The van der Waals surface area contributed by atoms with Crippen LogP contribution in [0.15, 0.2) is 24.3 Å². The van der Waals surface area contributed by atoms with Crippen LogP contribution in [0.5, 0.6) is 0 Å². The molecule has 1 aromatic carbocycles. The lowest BCUT2D eigenvalue weighted by Gasteiger charge is -2.32. The molecule has 3 unspecified atom stereocenters. The van der Waals surface area contributed by atoms with Gasteiger partial charge in [0, 0.05) is 6.54 Å². The van der Waals surface area contributed by atoms with Crippen molar-refractivity contribution in [3.63, 3.8) is 0 Å². The Bertz CT molecular complexity index is 396. The highest BCUT2D eigenvalue weighted by atomic mass is 35.5. The van der Waals surface area contributed by atoms with Crippen molar-refractivity contribution in [2.24, 2.45) is 11.8 Å². The lowest BCUT2D eigenvalue weighted by atomic mass is 9.80. The predicted octanol–water partition coefficient (Wildman–Crippen LogP) is 4.59. The van der Waals surface area contributed by atoms with Crippen molar-refractivity contribution in [3.8, 4) is 0 Å². The van der Waals surface area contributed by atoms with E-state index in [9.17, 15) is 0 Å². The molecule has 0 radical (unpaired) electrons. The van der Waals surface area contributed by atoms with E-state index >= 15 is 0 Å². The average Bonchev–Trinajstić information content (AvgIpc) is 2.40. The van der Waals surface area contributed by atoms with Gasteiger partial charge in [-0.25, -0.2) is 0 Å². The van der Waals surface area contributed by atoms with E-state index < -0.39 is 0 Å². The highest BCUT2D eigenvalue weighted by Crippen LogP contribution is 2.30. The Kier molecular flexibility index (Phi) is 5.53. The first-order valence-electron chi connectivity index (χ1n) is 7.27. The highest BCUT2D eigenvalue weighted by molar-refractivity contribution is 6.33. The first-order chi connectivity index (χ1) is 9.16. The van der Waals surface area contributed by atoms with Crippen molar-refractivity contribution in [2.75, 3.05) is 18.5 Å². The quantitative estimate of drug-likeness (QED) is 0.797. The van der Waals surface area contributed by atoms with E-state index in [4.69, 9.17) is 16.3 Å². The summed E-state index contributed by atoms with van der Waals surface area (Å²) in [6, 6.07) is 7.81. The molecule has 3 atom stereocenters. The molecule has 0 amide bonds. The summed E-state index contributed by atoms with van der Waals surface area (Å²) in [5.41, 5.74) is 0.985. The lowest BCUT2D eigenvalue weighted by Crippen LogP contribution is -2.28. The van der Waals surface area contributed by atoms with Gasteiger partial charge in [0.2, 0.25) is 0 Å². The molecular formula is C16H24ClNO. The largest absolute Gasteiger partial charge is 0.382 e. The zero-order chi connectivity index (χ0) is 13.7. The second-order valence-electron chi connectivity index (χ2n) is 5.67. The zero-order valence-electron chi connectivity index (χ0n) is 11.9. The highest BCUT2D eigenvalue weighted by Gasteiger charge is 2.24. The smallest absolute Gasteiger partial charge is 0.0642 e. The van der Waals surface area contributed by atoms with Crippen LogP contribution in [0, 0.1) is 11.8 Å². The molecule has 1 saturated carbocycles. The predicted molar refractivity (Wildman–Crippen MR) is 81.9 cm³/mol. The number of hydrogen-bond donors (Lipinski definition) is 1. The first kappa shape index (κ1) is 14.7. The van der Waals surface area contributed by atoms with Gasteiger partial charge < -0.3 is 10.1 Å². The Morgan fingerprint density at radius 3 is 2.74 bits per heavy atom. The Morgan fingerprint density at radius 2 is 2.00 bits per heavy atom. The molecule has 106 valence electrons. The topological polar surface area (TPSA) is 21.3 Å². The zero-order valence-corrected chi connectivity index (χ0v) is 12.6. The fourth-order valence-electron chi connectivity index (χ4n) is 2.67. The normalized spacial score (nSPS) is 27.2. The molecule has 0 bridgehead atoms. The van der Waals surface area contributed by atoms with E-state index in [1.165, 1.54) is 19.3 Å². The SMILES string of the molecule is CC1CCC(OCCNc2ccccc2Cl)CC1C. The van der Waals surface area contributed by atoms with Crippen molar-refractivity contribution in [1.29, 1.82) is 0 Å². The van der Waals surface area contributed by atoms with Gasteiger partial charge in [-0.15, -0.1) is 0 Å². The first-order valence-corrected chi connectivity index (χ1v) is 7.64. The van der Waals surface area contributed by atoms with Gasteiger partial charge in [-0.3, -0.25) is 0 Å². The Balaban J connectivity index is 1.66. The van der Waals surface area contributed by atoms with Crippen LogP contribution in [0.4, 0.5) is 5.69 Å². The summed E-state index contributed by atoms with van der Waals surface area (Å²) < 4.78 is 5.96.